The van der Waals surface area contributed by atoms with Gasteiger partial charge in [-0.2, -0.15) is 0 Å². The van der Waals surface area contributed by atoms with Gasteiger partial charge in [0.2, 0.25) is 0 Å². The number of carboxylic acids is 1. The van der Waals surface area contributed by atoms with E-state index in [0.717, 1.165) is 13.0 Å². The maximum Gasteiger partial charge on any atom is 0.304 e. The van der Waals surface area contributed by atoms with Crippen molar-refractivity contribution in [3.63, 3.8) is 0 Å². The molecule has 0 aromatic heterocycles. The van der Waals surface area contributed by atoms with Gasteiger partial charge in [-0.25, -0.2) is 0 Å². The van der Waals surface area contributed by atoms with Crippen molar-refractivity contribution >= 4 is 18.4 Å². The quantitative estimate of drug-likeness (QED) is 0.902. The van der Waals surface area contributed by atoms with E-state index in [1.807, 2.05) is 0 Å². The van der Waals surface area contributed by atoms with Crippen LogP contribution in [0.2, 0.25) is 0 Å². The molecule has 3 nitrogen and oxygen atoms in total. The van der Waals surface area contributed by atoms with E-state index in [2.05, 4.69) is 36.1 Å². The van der Waals surface area contributed by atoms with Gasteiger partial charge in [0.15, 0.2) is 0 Å². The number of benzene rings is 1. The summed E-state index contributed by atoms with van der Waals surface area (Å²) in [6.45, 7) is 3.76. The summed E-state index contributed by atoms with van der Waals surface area (Å²) in [4.78, 5) is 12.8. The van der Waals surface area contributed by atoms with Gasteiger partial charge >= 0.3 is 5.97 Å². The first-order valence-corrected chi connectivity index (χ1v) is 5.72. The Labute approximate surface area is 108 Å². The fourth-order valence-corrected chi connectivity index (χ4v) is 2.37. The van der Waals surface area contributed by atoms with E-state index >= 15 is 0 Å². The van der Waals surface area contributed by atoms with E-state index in [-0.39, 0.29) is 18.8 Å². The second kappa shape index (κ2) is 6.03. The molecule has 17 heavy (non-hydrogen) atoms. The average molecular weight is 256 g/mol. The molecule has 0 fully saturated rings. The number of carboxylic acid groups (broad SMARTS) is 1. The second-order valence-corrected chi connectivity index (χ2v) is 4.30. The first-order chi connectivity index (χ1) is 7.68. The predicted octanol–water partition coefficient (Wildman–Crippen LogP) is 2.50. The molecule has 1 unspecified atom stereocenters. The first-order valence-electron chi connectivity index (χ1n) is 5.72. The normalized spacial score (nSPS) is 19.2. The third kappa shape index (κ3) is 3.20. The Morgan fingerprint density at radius 3 is 2.88 bits per heavy atom. The maximum absolute atomic E-state index is 10.6. The van der Waals surface area contributed by atoms with Crippen molar-refractivity contribution in [3.8, 4) is 0 Å². The van der Waals surface area contributed by atoms with Crippen molar-refractivity contribution in [2.24, 2.45) is 0 Å². The second-order valence-electron chi connectivity index (χ2n) is 4.30. The van der Waals surface area contributed by atoms with Gasteiger partial charge in [-0.15, -0.1) is 12.4 Å². The van der Waals surface area contributed by atoms with Crippen molar-refractivity contribution in [1.29, 1.82) is 0 Å². The molecule has 1 N–H and O–H groups in total. The van der Waals surface area contributed by atoms with Crippen LogP contribution in [-0.4, -0.2) is 29.1 Å². The Morgan fingerprint density at radius 1 is 1.47 bits per heavy atom. The lowest BCUT2D eigenvalue weighted by Crippen LogP contribution is -2.35. The topological polar surface area (TPSA) is 40.5 Å². The highest BCUT2D eigenvalue weighted by Crippen LogP contribution is 2.28. The van der Waals surface area contributed by atoms with Crippen LogP contribution in [0, 0.1) is 0 Å². The van der Waals surface area contributed by atoms with Crippen LogP contribution in [0.3, 0.4) is 0 Å². The lowest BCUT2D eigenvalue weighted by molar-refractivity contribution is -0.137. The number of carbonyl (C=O) groups is 1. The molecule has 0 spiro atoms. The van der Waals surface area contributed by atoms with Gasteiger partial charge < -0.3 is 5.11 Å². The molecule has 4 heteroatoms. The molecule has 1 atom stereocenters. The van der Waals surface area contributed by atoms with Crippen molar-refractivity contribution in [3.05, 3.63) is 35.4 Å². The molecule has 0 saturated carbocycles. The molecular formula is C13H18ClNO2. The smallest absolute Gasteiger partial charge is 0.304 e. The summed E-state index contributed by atoms with van der Waals surface area (Å²) >= 11 is 0. The number of fused-ring (bicyclic) bond motifs is 1. The molecule has 0 radical (unpaired) electrons. The van der Waals surface area contributed by atoms with Gasteiger partial charge in [-0.1, -0.05) is 24.3 Å². The number of nitrogens with zero attached hydrogens (tertiary/aromatic N) is 1. The van der Waals surface area contributed by atoms with Gasteiger partial charge in [0.1, 0.15) is 0 Å². The van der Waals surface area contributed by atoms with Gasteiger partial charge in [0, 0.05) is 19.1 Å². The van der Waals surface area contributed by atoms with Crippen molar-refractivity contribution in [1.82, 2.24) is 4.90 Å². The minimum Gasteiger partial charge on any atom is -0.481 e. The Balaban J connectivity index is 0.00000144. The molecular weight excluding hydrogens is 238 g/mol. The summed E-state index contributed by atoms with van der Waals surface area (Å²) in [5.41, 5.74) is 2.75. The zero-order chi connectivity index (χ0) is 11.5. The fourth-order valence-electron chi connectivity index (χ4n) is 2.37. The Morgan fingerprint density at radius 2 is 2.18 bits per heavy atom. The Bertz CT molecular complexity index is 395. The van der Waals surface area contributed by atoms with Crippen LogP contribution in [-0.2, 0) is 11.2 Å². The number of aliphatic carboxylic acids is 1. The van der Waals surface area contributed by atoms with Gasteiger partial charge in [0.25, 0.3) is 0 Å². The van der Waals surface area contributed by atoms with Crippen LogP contribution >= 0.6 is 12.4 Å². The van der Waals surface area contributed by atoms with Crippen LogP contribution in [0.4, 0.5) is 0 Å². The molecule has 0 saturated heterocycles. The number of rotatable bonds is 3. The monoisotopic (exact) mass is 255 g/mol. The zero-order valence-corrected chi connectivity index (χ0v) is 10.7. The lowest BCUT2D eigenvalue weighted by Gasteiger charge is -2.34. The summed E-state index contributed by atoms with van der Waals surface area (Å²) in [5.74, 6) is -0.717. The van der Waals surface area contributed by atoms with E-state index in [9.17, 15) is 4.79 Å². The molecule has 0 bridgehead atoms. The van der Waals surface area contributed by atoms with Crippen LogP contribution in [0.25, 0.3) is 0 Å². The van der Waals surface area contributed by atoms with Crippen LogP contribution in [0.5, 0.6) is 0 Å². The summed E-state index contributed by atoms with van der Waals surface area (Å²) in [6.07, 6.45) is 1.26. The van der Waals surface area contributed by atoms with Gasteiger partial charge in [0.05, 0.1) is 6.42 Å². The minimum atomic E-state index is -0.717. The molecule has 0 aliphatic carbocycles. The fraction of sp³-hybridized carbons (Fsp3) is 0.462. The van der Waals surface area contributed by atoms with E-state index in [4.69, 9.17) is 5.11 Å². The summed E-state index contributed by atoms with van der Waals surface area (Å²) in [6, 6.07) is 8.77. The predicted molar refractivity (Wildman–Crippen MR) is 69.6 cm³/mol. The summed E-state index contributed by atoms with van der Waals surface area (Å²) in [5, 5.41) is 8.70. The molecule has 2 rings (SSSR count). The largest absolute Gasteiger partial charge is 0.481 e. The third-order valence-corrected chi connectivity index (χ3v) is 3.33. The van der Waals surface area contributed by atoms with Crippen LogP contribution in [0.15, 0.2) is 24.3 Å². The van der Waals surface area contributed by atoms with E-state index < -0.39 is 5.97 Å². The van der Waals surface area contributed by atoms with Crippen molar-refractivity contribution in [2.75, 3.05) is 13.1 Å². The lowest BCUT2D eigenvalue weighted by atomic mass is 9.93. The summed E-state index contributed by atoms with van der Waals surface area (Å²) < 4.78 is 0. The number of hydrogen-bond acceptors (Lipinski definition) is 2. The molecule has 1 aliphatic heterocycles. The highest BCUT2D eigenvalue weighted by molar-refractivity contribution is 5.85. The van der Waals surface area contributed by atoms with Crippen LogP contribution < -0.4 is 0 Å². The van der Waals surface area contributed by atoms with Gasteiger partial charge in [-0.3, -0.25) is 9.69 Å². The first kappa shape index (κ1) is 14.0. The number of halogens is 1. The third-order valence-electron chi connectivity index (χ3n) is 3.33. The number of hydrogen-bond donors (Lipinski definition) is 1. The molecule has 94 valence electrons. The SMILES string of the molecule is CC1c2ccccc2CCN1CCC(=O)O.Cl. The van der Waals surface area contributed by atoms with E-state index in [1.165, 1.54) is 11.1 Å². The van der Waals surface area contributed by atoms with Gasteiger partial charge in [-0.05, 0) is 24.5 Å². The van der Waals surface area contributed by atoms with E-state index in [1.54, 1.807) is 0 Å². The van der Waals surface area contributed by atoms with Crippen molar-refractivity contribution < 1.29 is 9.90 Å². The highest BCUT2D eigenvalue weighted by Gasteiger charge is 2.23. The van der Waals surface area contributed by atoms with E-state index in [0.29, 0.717) is 12.6 Å². The molecule has 1 aromatic rings. The molecule has 1 heterocycles. The minimum absolute atomic E-state index is 0. The van der Waals surface area contributed by atoms with Crippen LogP contribution in [0.1, 0.15) is 30.5 Å². The van der Waals surface area contributed by atoms with Crippen molar-refractivity contribution in [2.45, 2.75) is 25.8 Å². The maximum atomic E-state index is 10.6. The average Bonchev–Trinajstić information content (AvgIpc) is 2.28. The Kier molecular flexibility index (Phi) is 4.97. The highest BCUT2D eigenvalue weighted by atomic mass is 35.5. The molecule has 1 aromatic carbocycles. The summed E-state index contributed by atoms with van der Waals surface area (Å²) in [7, 11) is 0. The zero-order valence-electron chi connectivity index (χ0n) is 9.93. The molecule has 1 aliphatic rings. The molecule has 0 amide bonds. The standard InChI is InChI=1S/C13H17NO2.ClH/c1-10-12-5-3-2-4-11(12)6-8-14(10)9-7-13(15)16;/h2-5,10H,6-9H2,1H3,(H,15,16);1H. The Hall–Kier alpha value is -1.06.